The average Bonchev–Trinajstić information content (AvgIpc) is 2.33. The number of carbonyl (C=O) groups excluding carboxylic acids is 2. The van der Waals surface area contributed by atoms with Crippen molar-refractivity contribution in [2.45, 2.75) is 26.7 Å². The van der Waals surface area contributed by atoms with E-state index in [0.29, 0.717) is 12.8 Å². The molecule has 0 spiro atoms. The van der Waals surface area contributed by atoms with E-state index in [0.717, 1.165) is 0 Å². The highest BCUT2D eigenvalue weighted by Gasteiger charge is 2.48. The molecule has 68 valence electrons. The van der Waals surface area contributed by atoms with Crippen molar-refractivity contribution in [1.82, 2.24) is 0 Å². The van der Waals surface area contributed by atoms with Crippen LogP contribution in [0, 0.1) is 11.3 Å². The molecule has 12 heavy (non-hydrogen) atoms. The first-order valence-electron chi connectivity index (χ1n) is 4.13. The van der Waals surface area contributed by atoms with Crippen LogP contribution in [0.4, 0.5) is 0 Å². The maximum Gasteiger partial charge on any atom is 0.312 e. The van der Waals surface area contributed by atoms with E-state index in [1.54, 1.807) is 13.8 Å². The Hall–Kier alpha value is -0.860. The van der Waals surface area contributed by atoms with Crippen LogP contribution in [0.3, 0.4) is 0 Å². The summed E-state index contributed by atoms with van der Waals surface area (Å²) in [7, 11) is 1.36. The third-order valence-corrected chi connectivity index (χ3v) is 2.98. The van der Waals surface area contributed by atoms with Gasteiger partial charge in [-0.15, -0.1) is 0 Å². The molecule has 1 rings (SSSR count). The van der Waals surface area contributed by atoms with Crippen LogP contribution in [0.1, 0.15) is 26.7 Å². The Balaban J connectivity index is 2.85. The fraction of sp³-hybridized carbons (Fsp3) is 0.778. The van der Waals surface area contributed by atoms with Gasteiger partial charge in [-0.3, -0.25) is 9.59 Å². The monoisotopic (exact) mass is 170 g/mol. The van der Waals surface area contributed by atoms with Crippen molar-refractivity contribution in [1.29, 1.82) is 0 Å². The summed E-state index contributed by atoms with van der Waals surface area (Å²) >= 11 is 0. The lowest BCUT2D eigenvalue weighted by atomic mass is 9.81. The summed E-state index contributed by atoms with van der Waals surface area (Å²) in [5.41, 5.74) is -0.578. The number of hydrogen-bond acceptors (Lipinski definition) is 3. The molecule has 3 nitrogen and oxygen atoms in total. The molecule has 0 amide bonds. The molecule has 1 aliphatic rings. The van der Waals surface area contributed by atoms with Gasteiger partial charge in [0, 0.05) is 12.3 Å². The molecule has 2 unspecified atom stereocenters. The fourth-order valence-corrected chi connectivity index (χ4v) is 1.68. The predicted molar refractivity (Wildman–Crippen MR) is 43.5 cm³/mol. The Bertz CT molecular complexity index is 222. The number of ether oxygens (including phenoxy) is 1. The molecule has 1 saturated carbocycles. The predicted octanol–water partition coefficient (Wildman–Crippen LogP) is 1.16. The lowest BCUT2D eigenvalue weighted by molar-refractivity contribution is -0.154. The van der Waals surface area contributed by atoms with Gasteiger partial charge in [-0.25, -0.2) is 0 Å². The highest BCUT2D eigenvalue weighted by molar-refractivity contribution is 5.92. The number of carbonyl (C=O) groups is 2. The van der Waals surface area contributed by atoms with Gasteiger partial charge in [0.25, 0.3) is 0 Å². The lowest BCUT2D eigenvalue weighted by Crippen LogP contribution is -2.33. The summed E-state index contributed by atoms with van der Waals surface area (Å²) in [5.74, 6) is -0.284. The smallest absolute Gasteiger partial charge is 0.312 e. The summed E-state index contributed by atoms with van der Waals surface area (Å²) in [5, 5.41) is 0. The van der Waals surface area contributed by atoms with Gasteiger partial charge in [-0.1, -0.05) is 6.92 Å². The molecule has 1 fully saturated rings. The Morgan fingerprint density at radius 1 is 1.67 bits per heavy atom. The van der Waals surface area contributed by atoms with Gasteiger partial charge in [-0.05, 0) is 13.3 Å². The van der Waals surface area contributed by atoms with Gasteiger partial charge < -0.3 is 4.74 Å². The van der Waals surface area contributed by atoms with Crippen LogP contribution >= 0.6 is 0 Å². The van der Waals surface area contributed by atoms with Gasteiger partial charge in [0.15, 0.2) is 0 Å². The quantitative estimate of drug-likeness (QED) is 0.555. The molecule has 1 aliphatic carbocycles. The third-order valence-electron chi connectivity index (χ3n) is 2.98. The first kappa shape index (κ1) is 9.23. The molecule has 0 bridgehead atoms. The third kappa shape index (κ3) is 1.13. The molecule has 0 radical (unpaired) electrons. The highest BCUT2D eigenvalue weighted by Crippen LogP contribution is 2.41. The number of ketones is 1. The van der Waals surface area contributed by atoms with Crippen LogP contribution in [0.25, 0.3) is 0 Å². The standard InChI is InChI=1S/C9H14O3/c1-6-7(10)4-5-9(6,2)8(11)12-3/h6H,4-5H2,1-3H3. The number of hydrogen-bond donors (Lipinski definition) is 0. The van der Waals surface area contributed by atoms with Gasteiger partial charge in [0.2, 0.25) is 0 Å². The van der Waals surface area contributed by atoms with Crippen molar-refractivity contribution >= 4 is 11.8 Å². The molecule has 0 saturated heterocycles. The molecule has 0 heterocycles. The zero-order valence-corrected chi connectivity index (χ0v) is 7.72. The van der Waals surface area contributed by atoms with Crippen LogP contribution in [0.5, 0.6) is 0 Å². The van der Waals surface area contributed by atoms with E-state index in [4.69, 9.17) is 0 Å². The molecule has 0 aromatic heterocycles. The minimum Gasteiger partial charge on any atom is -0.469 e. The van der Waals surface area contributed by atoms with E-state index >= 15 is 0 Å². The molecule has 0 aromatic rings. The molecule has 0 aromatic carbocycles. The minimum atomic E-state index is -0.578. The van der Waals surface area contributed by atoms with Crippen LogP contribution in [-0.4, -0.2) is 18.9 Å². The molecule has 0 N–H and O–H groups in total. The van der Waals surface area contributed by atoms with Crippen molar-refractivity contribution < 1.29 is 14.3 Å². The number of methoxy groups -OCH3 is 1. The highest BCUT2D eigenvalue weighted by atomic mass is 16.5. The molecule has 3 heteroatoms. The van der Waals surface area contributed by atoms with Crippen molar-refractivity contribution in [3.05, 3.63) is 0 Å². The normalized spacial score (nSPS) is 35.2. The maximum atomic E-state index is 11.3. The van der Waals surface area contributed by atoms with Gasteiger partial charge in [0.1, 0.15) is 5.78 Å². The topological polar surface area (TPSA) is 43.4 Å². The van der Waals surface area contributed by atoms with Crippen molar-refractivity contribution in [3.8, 4) is 0 Å². The zero-order chi connectivity index (χ0) is 9.35. The first-order chi connectivity index (χ1) is 5.52. The molecular formula is C9H14O3. The summed E-state index contributed by atoms with van der Waals surface area (Å²) in [6.07, 6.45) is 1.13. The van der Waals surface area contributed by atoms with Crippen LogP contribution in [0.2, 0.25) is 0 Å². The zero-order valence-electron chi connectivity index (χ0n) is 7.72. The van der Waals surface area contributed by atoms with Crippen LogP contribution < -0.4 is 0 Å². The van der Waals surface area contributed by atoms with Crippen LogP contribution in [-0.2, 0) is 14.3 Å². The Kier molecular flexibility index (Phi) is 2.22. The maximum absolute atomic E-state index is 11.3. The lowest BCUT2D eigenvalue weighted by Gasteiger charge is -2.24. The Morgan fingerprint density at radius 2 is 2.25 bits per heavy atom. The van der Waals surface area contributed by atoms with Crippen molar-refractivity contribution in [2.75, 3.05) is 7.11 Å². The van der Waals surface area contributed by atoms with E-state index in [1.165, 1.54) is 7.11 Å². The summed E-state index contributed by atoms with van der Waals surface area (Å²) in [6.45, 7) is 3.60. The summed E-state index contributed by atoms with van der Waals surface area (Å²) < 4.78 is 4.66. The number of rotatable bonds is 1. The van der Waals surface area contributed by atoms with E-state index in [9.17, 15) is 9.59 Å². The first-order valence-corrected chi connectivity index (χ1v) is 4.13. The van der Waals surface area contributed by atoms with Gasteiger partial charge >= 0.3 is 5.97 Å². The van der Waals surface area contributed by atoms with Crippen molar-refractivity contribution in [3.63, 3.8) is 0 Å². The number of Topliss-reactive ketones (excluding diaryl/α,β-unsaturated/α-hetero) is 1. The molecule has 0 aliphatic heterocycles. The number of esters is 1. The second-order valence-electron chi connectivity index (χ2n) is 3.60. The molecule has 2 atom stereocenters. The van der Waals surface area contributed by atoms with E-state index in [-0.39, 0.29) is 17.7 Å². The Labute approximate surface area is 72.1 Å². The van der Waals surface area contributed by atoms with E-state index < -0.39 is 5.41 Å². The average molecular weight is 170 g/mol. The second kappa shape index (κ2) is 2.88. The van der Waals surface area contributed by atoms with Crippen LogP contribution in [0.15, 0.2) is 0 Å². The fourth-order valence-electron chi connectivity index (χ4n) is 1.68. The largest absolute Gasteiger partial charge is 0.469 e. The minimum absolute atomic E-state index is 0.169. The van der Waals surface area contributed by atoms with Gasteiger partial charge in [0.05, 0.1) is 12.5 Å². The second-order valence-corrected chi connectivity index (χ2v) is 3.60. The van der Waals surface area contributed by atoms with Gasteiger partial charge in [-0.2, -0.15) is 0 Å². The SMILES string of the molecule is COC(=O)C1(C)CCC(=O)C1C. The summed E-state index contributed by atoms with van der Waals surface area (Å²) in [6, 6.07) is 0. The summed E-state index contributed by atoms with van der Waals surface area (Å²) in [4.78, 5) is 22.5. The molecular weight excluding hydrogens is 156 g/mol. The Morgan fingerprint density at radius 3 is 2.58 bits per heavy atom. The van der Waals surface area contributed by atoms with E-state index in [2.05, 4.69) is 4.74 Å². The van der Waals surface area contributed by atoms with Crippen molar-refractivity contribution in [2.24, 2.45) is 11.3 Å². The van der Waals surface area contributed by atoms with E-state index in [1.807, 2.05) is 0 Å².